The minimum atomic E-state index is -0.254. The van der Waals surface area contributed by atoms with Crippen LogP contribution in [0, 0.1) is 6.92 Å². The first-order valence-corrected chi connectivity index (χ1v) is 10.7. The van der Waals surface area contributed by atoms with E-state index in [0.717, 1.165) is 17.7 Å². The van der Waals surface area contributed by atoms with Gasteiger partial charge in [0.1, 0.15) is 5.75 Å². The molecule has 0 atom stereocenters. The van der Waals surface area contributed by atoms with Gasteiger partial charge in [-0.3, -0.25) is 9.59 Å². The molecule has 1 aliphatic heterocycles. The number of piperazine rings is 1. The standard InChI is InChI=1S/C23H28ClN3O3/c1-3-4-23(29)27-13-11-26(12-14-27)21-10-7-18(24)15-20(21)25-22(28)16-30-19-8-5-17(2)6-9-19/h5-10,15H,3-4,11-14,16H2,1-2H3,(H,25,28). The molecule has 0 aromatic heterocycles. The molecule has 3 rings (SSSR count). The van der Waals surface area contributed by atoms with Gasteiger partial charge in [0, 0.05) is 37.6 Å². The number of nitrogens with zero attached hydrogens (tertiary/aromatic N) is 2. The monoisotopic (exact) mass is 429 g/mol. The molecule has 2 aromatic carbocycles. The van der Waals surface area contributed by atoms with Crippen LogP contribution in [-0.2, 0) is 9.59 Å². The molecule has 160 valence electrons. The summed E-state index contributed by atoms with van der Waals surface area (Å²) in [6.45, 7) is 6.68. The highest BCUT2D eigenvalue weighted by atomic mass is 35.5. The summed E-state index contributed by atoms with van der Waals surface area (Å²) in [5, 5.41) is 3.46. The third-order valence-electron chi connectivity index (χ3n) is 5.06. The summed E-state index contributed by atoms with van der Waals surface area (Å²) in [6.07, 6.45) is 1.44. The highest BCUT2D eigenvalue weighted by Gasteiger charge is 2.22. The SMILES string of the molecule is CCCC(=O)N1CCN(c2ccc(Cl)cc2NC(=O)COc2ccc(C)cc2)CC1. The Morgan fingerprint density at radius 2 is 1.77 bits per heavy atom. The van der Waals surface area contributed by atoms with Crippen molar-refractivity contribution in [2.24, 2.45) is 0 Å². The predicted octanol–water partition coefficient (Wildman–Crippen LogP) is 4.11. The largest absolute Gasteiger partial charge is 0.484 e. The number of hydrogen-bond acceptors (Lipinski definition) is 4. The highest BCUT2D eigenvalue weighted by molar-refractivity contribution is 6.31. The third kappa shape index (κ3) is 5.89. The number of carbonyl (C=O) groups is 2. The lowest BCUT2D eigenvalue weighted by Gasteiger charge is -2.37. The van der Waals surface area contributed by atoms with Crippen molar-refractivity contribution in [1.29, 1.82) is 0 Å². The number of hydrogen-bond donors (Lipinski definition) is 1. The summed E-state index contributed by atoms with van der Waals surface area (Å²) in [6, 6.07) is 13.0. The Morgan fingerprint density at radius 1 is 1.07 bits per heavy atom. The van der Waals surface area contributed by atoms with Gasteiger partial charge in [-0.1, -0.05) is 36.2 Å². The first-order valence-electron chi connectivity index (χ1n) is 10.3. The number of carbonyl (C=O) groups excluding carboxylic acids is 2. The van der Waals surface area contributed by atoms with E-state index in [2.05, 4.69) is 10.2 Å². The number of anilines is 2. The smallest absolute Gasteiger partial charge is 0.262 e. The minimum absolute atomic E-state index is 0.0890. The van der Waals surface area contributed by atoms with Gasteiger partial charge in [-0.05, 0) is 43.7 Å². The molecule has 1 saturated heterocycles. The Morgan fingerprint density at radius 3 is 2.43 bits per heavy atom. The van der Waals surface area contributed by atoms with Crippen molar-refractivity contribution in [3.8, 4) is 5.75 Å². The Kier molecular flexibility index (Phi) is 7.57. The first-order chi connectivity index (χ1) is 14.5. The molecule has 6 nitrogen and oxygen atoms in total. The zero-order valence-corrected chi connectivity index (χ0v) is 18.2. The maximum Gasteiger partial charge on any atom is 0.262 e. The van der Waals surface area contributed by atoms with Gasteiger partial charge in [-0.25, -0.2) is 0 Å². The maximum absolute atomic E-state index is 12.5. The fraction of sp³-hybridized carbons (Fsp3) is 0.391. The molecule has 0 bridgehead atoms. The Balaban J connectivity index is 1.61. The van der Waals surface area contributed by atoms with Gasteiger partial charge in [0.15, 0.2) is 6.61 Å². The van der Waals surface area contributed by atoms with Crippen LogP contribution in [0.25, 0.3) is 0 Å². The van der Waals surface area contributed by atoms with Gasteiger partial charge in [0.2, 0.25) is 5.91 Å². The first kappa shape index (κ1) is 22.0. The lowest BCUT2D eigenvalue weighted by Crippen LogP contribution is -2.49. The van der Waals surface area contributed by atoms with Crippen molar-refractivity contribution in [3.63, 3.8) is 0 Å². The van der Waals surface area contributed by atoms with E-state index in [9.17, 15) is 9.59 Å². The summed E-state index contributed by atoms with van der Waals surface area (Å²) in [4.78, 5) is 28.7. The minimum Gasteiger partial charge on any atom is -0.484 e. The van der Waals surface area contributed by atoms with E-state index in [4.69, 9.17) is 16.3 Å². The van der Waals surface area contributed by atoms with Crippen LogP contribution in [0.5, 0.6) is 5.75 Å². The quantitative estimate of drug-likeness (QED) is 0.719. The molecule has 0 spiro atoms. The molecule has 1 aliphatic rings. The molecule has 0 aliphatic carbocycles. The molecule has 2 amide bonds. The predicted molar refractivity (Wildman–Crippen MR) is 120 cm³/mol. The maximum atomic E-state index is 12.5. The van der Waals surface area contributed by atoms with Crippen LogP contribution in [-0.4, -0.2) is 49.5 Å². The average Bonchev–Trinajstić information content (AvgIpc) is 2.74. The second-order valence-corrected chi connectivity index (χ2v) is 7.87. The molecule has 1 heterocycles. The van der Waals surface area contributed by atoms with Crippen LogP contribution in [0.4, 0.5) is 11.4 Å². The summed E-state index contributed by atoms with van der Waals surface area (Å²) >= 11 is 6.17. The number of halogens is 1. The van der Waals surface area contributed by atoms with Crippen molar-refractivity contribution >= 4 is 34.8 Å². The second kappa shape index (κ2) is 10.3. The molecule has 30 heavy (non-hydrogen) atoms. The van der Waals surface area contributed by atoms with E-state index in [1.54, 1.807) is 6.07 Å². The fourth-order valence-electron chi connectivity index (χ4n) is 3.42. The average molecular weight is 430 g/mol. The summed E-state index contributed by atoms with van der Waals surface area (Å²) in [5.41, 5.74) is 2.67. The molecular weight excluding hydrogens is 402 g/mol. The number of amides is 2. The highest BCUT2D eigenvalue weighted by Crippen LogP contribution is 2.30. The molecule has 1 N–H and O–H groups in total. The number of nitrogens with one attached hydrogen (secondary N) is 1. The van der Waals surface area contributed by atoms with Crippen LogP contribution in [0.2, 0.25) is 5.02 Å². The van der Waals surface area contributed by atoms with Crippen molar-refractivity contribution in [3.05, 3.63) is 53.1 Å². The summed E-state index contributed by atoms with van der Waals surface area (Å²) in [5.74, 6) is 0.598. The normalized spacial score (nSPS) is 13.8. The molecule has 0 saturated carbocycles. The van der Waals surface area contributed by atoms with E-state index in [1.807, 2.05) is 55.1 Å². The van der Waals surface area contributed by atoms with E-state index in [0.29, 0.717) is 49.1 Å². The van der Waals surface area contributed by atoms with Crippen LogP contribution < -0.4 is 15.0 Å². The zero-order chi connectivity index (χ0) is 21.5. The van der Waals surface area contributed by atoms with Gasteiger partial charge in [-0.15, -0.1) is 0 Å². The lowest BCUT2D eigenvalue weighted by atomic mass is 10.2. The summed E-state index contributed by atoms with van der Waals surface area (Å²) < 4.78 is 5.57. The van der Waals surface area contributed by atoms with Gasteiger partial charge < -0.3 is 19.9 Å². The third-order valence-corrected chi connectivity index (χ3v) is 5.30. The topological polar surface area (TPSA) is 61.9 Å². The summed E-state index contributed by atoms with van der Waals surface area (Å²) in [7, 11) is 0. The van der Waals surface area contributed by atoms with Crippen LogP contribution in [0.1, 0.15) is 25.3 Å². The number of ether oxygens (including phenoxy) is 1. The Bertz CT molecular complexity index is 878. The second-order valence-electron chi connectivity index (χ2n) is 7.43. The molecular formula is C23H28ClN3O3. The van der Waals surface area contributed by atoms with E-state index in [-0.39, 0.29) is 18.4 Å². The van der Waals surface area contributed by atoms with E-state index < -0.39 is 0 Å². The van der Waals surface area contributed by atoms with Crippen LogP contribution in [0.15, 0.2) is 42.5 Å². The van der Waals surface area contributed by atoms with E-state index >= 15 is 0 Å². The number of rotatable bonds is 7. The number of aryl methyl sites for hydroxylation is 1. The van der Waals surface area contributed by atoms with Crippen molar-refractivity contribution in [2.75, 3.05) is 43.0 Å². The van der Waals surface area contributed by atoms with Gasteiger partial charge in [0.25, 0.3) is 5.91 Å². The van der Waals surface area contributed by atoms with Crippen LogP contribution in [0.3, 0.4) is 0 Å². The Hall–Kier alpha value is -2.73. The molecule has 7 heteroatoms. The van der Waals surface area contributed by atoms with Crippen LogP contribution >= 0.6 is 11.6 Å². The van der Waals surface area contributed by atoms with Gasteiger partial charge >= 0.3 is 0 Å². The molecule has 0 unspecified atom stereocenters. The Labute approximate surface area is 182 Å². The number of benzene rings is 2. The van der Waals surface area contributed by atoms with Crippen molar-refractivity contribution in [2.45, 2.75) is 26.7 Å². The van der Waals surface area contributed by atoms with Gasteiger partial charge in [-0.2, -0.15) is 0 Å². The van der Waals surface area contributed by atoms with Crippen molar-refractivity contribution < 1.29 is 14.3 Å². The fourth-order valence-corrected chi connectivity index (χ4v) is 3.59. The molecule has 2 aromatic rings. The van der Waals surface area contributed by atoms with E-state index in [1.165, 1.54) is 0 Å². The zero-order valence-electron chi connectivity index (χ0n) is 17.5. The van der Waals surface area contributed by atoms with Crippen molar-refractivity contribution in [1.82, 2.24) is 4.90 Å². The lowest BCUT2D eigenvalue weighted by molar-refractivity contribution is -0.131. The van der Waals surface area contributed by atoms with Gasteiger partial charge in [0.05, 0.1) is 11.4 Å². The molecule has 1 fully saturated rings. The molecule has 0 radical (unpaired) electrons.